The summed E-state index contributed by atoms with van der Waals surface area (Å²) in [5, 5.41) is 6.21. The van der Waals surface area contributed by atoms with Gasteiger partial charge in [-0.1, -0.05) is 44.2 Å². The molecule has 1 amide bonds. The molecular formula is C24H25N3O2. The topological polar surface area (TPSA) is 71.1 Å². The van der Waals surface area contributed by atoms with E-state index >= 15 is 0 Å². The molecular weight excluding hydrogens is 362 g/mol. The normalized spacial score (nSPS) is 10.7. The molecule has 2 aromatic carbocycles. The Balaban J connectivity index is 1.75. The van der Waals surface area contributed by atoms with Gasteiger partial charge in [-0.15, -0.1) is 0 Å². The molecule has 0 aliphatic heterocycles. The molecule has 1 aromatic heterocycles. The number of carbonyl (C=O) groups excluding carboxylic acids is 2. The molecule has 1 heterocycles. The number of nitrogens with zero attached hydrogens (tertiary/aromatic N) is 1. The number of Topliss-reactive ketones (excluding diaryl/α,β-unsaturated/α-hetero) is 1. The van der Waals surface area contributed by atoms with Gasteiger partial charge in [-0.3, -0.25) is 9.59 Å². The monoisotopic (exact) mass is 387 g/mol. The Labute approximate surface area is 171 Å². The minimum atomic E-state index is -0.323. The van der Waals surface area contributed by atoms with Gasteiger partial charge in [0.15, 0.2) is 5.78 Å². The fourth-order valence-corrected chi connectivity index (χ4v) is 3.10. The summed E-state index contributed by atoms with van der Waals surface area (Å²) in [7, 11) is 0. The van der Waals surface area contributed by atoms with E-state index in [2.05, 4.69) is 54.6 Å². The summed E-state index contributed by atoms with van der Waals surface area (Å²) >= 11 is 0. The Morgan fingerprint density at radius 1 is 0.966 bits per heavy atom. The van der Waals surface area contributed by atoms with Crippen LogP contribution in [0.4, 0.5) is 17.1 Å². The number of pyridine rings is 1. The van der Waals surface area contributed by atoms with Crippen molar-refractivity contribution >= 4 is 28.8 Å². The minimum Gasteiger partial charge on any atom is -0.354 e. The number of aromatic nitrogens is 1. The first-order valence-electron chi connectivity index (χ1n) is 9.60. The average Bonchev–Trinajstić information content (AvgIpc) is 2.70. The first-order valence-corrected chi connectivity index (χ1v) is 9.60. The van der Waals surface area contributed by atoms with Crippen molar-refractivity contribution < 1.29 is 9.59 Å². The highest BCUT2D eigenvalue weighted by Crippen LogP contribution is 2.30. The number of carbonyl (C=O) groups is 2. The van der Waals surface area contributed by atoms with E-state index in [9.17, 15) is 9.59 Å². The number of aryl methyl sites for hydroxylation is 1. The predicted molar refractivity (Wildman–Crippen MR) is 117 cm³/mol. The van der Waals surface area contributed by atoms with Crippen LogP contribution in [-0.2, 0) is 0 Å². The number of anilines is 3. The van der Waals surface area contributed by atoms with Gasteiger partial charge in [0.05, 0.1) is 11.9 Å². The molecule has 0 saturated carbocycles. The number of ketones is 1. The lowest BCUT2D eigenvalue weighted by Crippen LogP contribution is -2.14. The van der Waals surface area contributed by atoms with Crippen LogP contribution < -0.4 is 10.6 Å². The van der Waals surface area contributed by atoms with Crippen LogP contribution in [0.15, 0.2) is 60.8 Å². The highest BCUT2D eigenvalue weighted by atomic mass is 16.2. The highest BCUT2D eigenvalue weighted by molar-refractivity contribution is 6.04. The van der Waals surface area contributed by atoms with E-state index in [1.54, 1.807) is 36.5 Å². The van der Waals surface area contributed by atoms with Crippen LogP contribution in [0.25, 0.3) is 0 Å². The summed E-state index contributed by atoms with van der Waals surface area (Å²) in [6, 6.07) is 16.6. The van der Waals surface area contributed by atoms with E-state index in [4.69, 9.17) is 0 Å². The summed E-state index contributed by atoms with van der Waals surface area (Å²) in [6.45, 7) is 7.88. The Bertz CT molecular complexity index is 1040. The predicted octanol–water partition coefficient (Wildman–Crippen LogP) is 5.71. The molecule has 2 N–H and O–H groups in total. The van der Waals surface area contributed by atoms with Gasteiger partial charge in [0, 0.05) is 16.9 Å². The van der Waals surface area contributed by atoms with Crippen molar-refractivity contribution in [3.05, 3.63) is 83.2 Å². The summed E-state index contributed by atoms with van der Waals surface area (Å²) in [4.78, 5) is 28.3. The second kappa shape index (κ2) is 8.69. The lowest BCUT2D eigenvalue weighted by atomic mass is 9.98. The van der Waals surface area contributed by atoms with Crippen molar-refractivity contribution in [2.75, 3.05) is 10.6 Å². The summed E-state index contributed by atoms with van der Waals surface area (Å²) in [6.07, 6.45) is 1.65. The van der Waals surface area contributed by atoms with Crippen LogP contribution in [-0.4, -0.2) is 16.7 Å². The second-order valence-electron chi connectivity index (χ2n) is 7.34. The number of nitrogens with one attached hydrogen (secondary N) is 2. The van der Waals surface area contributed by atoms with Gasteiger partial charge in [0.25, 0.3) is 5.91 Å². The van der Waals surface area contributed by atoms with Crippen molar-refractivity contribution in [2.45, 2.75) is 33.6 Å². The Hall–Kier alpha value is -3.47. The Kier molecular flexibility index (Phi) is 6.07. The Morgan fingerprint density at radius 3 is 2.38 bits per heavy atom. The molecule has 0 spiro atoms. The van der Waals surface area contributed by atoms with Crippen LogP contribution in [0.3, 0.4) is 0 Å². The number of hydrogen-bond acceptors (Lipinski definition) is 4. The zero-order valence-electron chi connectivity index (χ0n) is 17.1. The maximum Gasteiger partial charge on any atom is 0.274 e. The summed E-state index contributed by atoms with van der Waals surface area (Å²) in [5.41, 5.74) is 5.69. The number of para-hydroxylation sites is 1. The Morgan fingerprint density at radius 2 is 1.72 bits per heavy atom. The lowest BCUT2D eigenvalue weighted by molar-refractivity contribution is 0.100. The van der Waals surface area contributed by atoms with Gasteiger partial charge >= 0.3 is 0 Å². The number of hydrogen-bond donors (Lipinski definition) is 2. The van der Waals surface area contributed by atoms with E-state index in [1.807, 2.05) is 6.07 Å². The molecule has 0 saturated heterocycles. The fraction of sp³-hybridized carbons (Fsp3) is 0.208. The molecule has 0 bridgehead atoms. The molecule has 0 atom stereocenters. The zero-order valence-corrected chi connectivity index (χ0v) is 17.1. The molecule has 0 fully saturated rings. The smallest absolute Gasteiger partial charge is 0.274 e. The number of benzene rings is 2. The molecule has 3 aromatic rings. The van der Waals surface area contributed by atoms with Gasteiger partial charge in [-0.25, -0.2) is 4.98 Å². The van der Waals surface area contributed by atoms with E-state index in [0.29, 0.717) is 22.9 Å². The van der Waals surface area contributed by atoms with Crippen molar-refractivity contribution in [3.63, 3.8) is 0 Å². The van der Waals surface area contributed by atoms with Crippen LogP contribution in [0, 0.1) is 6.92 Å². The average molecular weight is 387 g/mol. The van der Waals surface area contributed by atoms with Crippen LogP contribution in [0.1, 0.15) is 58.7 Å². The van der Waals surface area contributed by atoms with Gasteiger partial charge in [-0.05, 0) is 55.2 Å². The summed E-state index contributed by atoms with van der Waals surface area (Å²) in [5.74, 6) is 0.0174. The van der Waals surface area contributed by atoms with E-state index < -0.39 is 0 Å². The molecule has 29 heavy (non-hydrogen) atoms. The molecule has 148 valence electrons. The highest BCUT2D eigenvalue weighted by Gasteiger charge is 2.12. The van der Waals surface area contributed by atoms with Crippen LogP contribution >= 0.6 is 0 Å². The third-order valence-electron chi connectivity index (χ3n) is 4.72. The largest absolute Gasteiger partial charge is 0.354 e. The lowest BCUT2D eigenvalue weighted by Gasteiger charge is -2.17. The van der Waals surface area contributed by atoms with Crippen LogP contribution in [0.2, 0.25) is 0 Å². The standard InChI is InChI=1S/C24H25N3O2/c1-15(2)21-10-5-7-16(3)23(21)26-20-11-12-22(25-14-20)24(29)27-19-9-6-8-18(13-19)17(4)28/h5-15,26H,1-4H3,(H,27,29). The fourth-order valence-electron chi connectivity index (χ4n) is 3.10. The maximum atomic E-state index is 12.5. The van der Waals surface area contributed by atoms with E-state index in [-0.39, 0.29) is 11.7 Å². The SMILES string of the molecule is CC(=O)c1cccc(NC(=O)c2ccc(Nc3c(C)cccc3C(C)C)cn2)c1. The molecule has 5 nitrogen and oxygen atoms in total. The van der Waals surface area contributed by atoms with Gasteiger partial charge in [-0.2, -0.15) is 0 Å². The van der Waals surface area contributed by atoms with Crippen LogP contribution in [0.5, 0.6) is 0 Å². The molecule has 0 aliphatic carbocycles. The quantitative estimate of drug-likeness (QED) is 0.531. The van der Waals surface area contributed by atoms with Gasteiger partial charge in [0.2, 0.25) is 0 Å². The van der Waals surface area contributed by atoms with E-state index in [0.717, 1.165) is 16.9 Å². The number of rotatable bonds is 6. The first kappa shape index (κ1) is 20.3. The molecule has 0 unspecified atom stereocenters. The molecule has 0 radical (unpaired) electrons. The van der Waals surface area contributed by atoms with Crippen molar-refractivity contribution in [1.29, 1.82) is 0 Å². The third kappa shape index (κ3) is 4.88. The third-order valence-corrected chi connectivity index (χ3v) is 4.72. The van der Waals surface area contributed by atoms with E-state index in [1.165, 1.54) is 12.5 Å². The summed E-state index contributed by atoms with van der Waals surface area (Å²) < 4.78 is 0. The van der Waals surface area contributed by atoms with Crippen molar-refractivity contribution in [2.24, 2.45) is 0 Å². The zero-order chi connectivity index (χ0) is 21.0. The second-order valence-corrected chi connectivity index (χ2v) is 7.34. The molecule has 5 heteroatoms. The molecule has 3 rings (SSSR count). The van der Waals surface area contributed by atoms with Gasteiger partial charge in [0.1, 0.15) is 5.69 Å². The first-order chi connectivity index (χ1) is 13.8. The van der Waals surface area contributed by atoms with Crippen molar-refractivity contribution in [3.8, 4) is 0 Å². The van der Waals surface area contributed by atoms with Crippen molar-refractivity contribution in [1.82, 2.24) is 4.98 Å². The van der Waals surface area contributed by atoms with Gasteiger partial charge < -0.3 is 10.6 Å². The molecule has 0 aliphatic rings. The minimum absolute atomic E-state index is 0.0494. The maximum absolute atomic E-state index is 12.5. The number of amides is 1.